The molecule has 0 heterocycles. The van der Waals surface area contributed by atoms with Crippen LogP contribution in [0.3, 0.4) is 0 Å². The highest BCUT2D eigenvalue weighted by molar-refractivity contribution is 5.39. The van der Waals surface area contributed by atoms with Gasteiger partial charge in [-0.2, -0.15) is 5.26 Å². The molecule has 0 aliphatic rings. The van der Waals surface area contributed by atoms with Crippen LogP contribution in [-0.2, 0) is 0 Å². The highest BCUT2D eigenvalue weighted by atomic mass is 14.2. The third kappa shape index (κ3) is 11.8. The molecule has 184 valence electrons. The van der Waals surface area contributed by atoms with Crippen molar-refractivity contribution in [2.45, 2.75) is 74.1 Å². The zero-order valence-electron chi connectivity index (χ0n) is 20.8. The Kier molecular flexibility index (Phi) is 16.9. The molecule has 0 aromatic heterocycles. The second kappa shape index (κ2) is 17.7. The second-order valence-corrected chi connectivity index (χ2v) is 8.70. The molecule has 0 N–H and O–H groups in total. The van der Waals surface area contributed by atoms with Crippen molar-refractivity contribution in [3.8, 4) is 30.8 Å². The molecule has 0 saturated heterocycles. The van der Waals surface area contributed by atoms with Gasteiger partial charge in [-0.15, -0.1) is 12.8 Å². The van der Waals surface area contributed by atoms with Gasteiger partial charge in [0.15, 0.2) is 0 Å². The fraction of sp³-hybridized carbons (Fsp3) is 0.324. The molecule has 0 aliphatic heterocycles. The van der Waals surface area contributed by atoms with E-state index in [2.05, 4.69) is 83.7 Å². The van der Waals surface area contributed by atoms with E-state index in [1.54, 1.807) is 0 Å². The monoisotopic (exact) mass is 465 g/mol. The summed E-state index contributed by atoms with van der Waals surface area (Å²) in [6, 6.07) is 26.1. The van der Waals surface area contributed by atoms with Gasteiger partial charge in [-0.3, -0.25) is 0 Å². The van der Waals surface area contributed by atoms with Gasteiger partial charge in [-0.05, 0) is 64.8 Å². The number of rotatable bonds is 3. The number of terminal acetylenes is 2. The van der Waals surface area contributed by atoms with Crippen molar-refractivity contribution in [2.24, 2.45) is 0 Å². The molecule has 3 aromatic carbocycles. The maximum absolute atomic E-state index is 8.72. The van der Waals surface area contributed by atoms with Gasteiger partial charge in [0, 0.05) is 11.1 Å². The van der Waals surface area contributed by atoms with Crippen LogP contribution in [0.1, 0.15) is 108 Å². The lowest BCUT2D eigenvalue weighted by molar-refractivity contribution is 0.862. The summed E-state index contributed by atoms with van der Waals surface area (Å²) in [6.07, 6.45) is 10.5. The highest BCUT2D eigenvalue weighted by Gasteiger charge is 2.03. The van der Waals surface area contributed by atoms with Crippen molar-refractivity contribution in [2.75, 3.05) is 0 Å². The van der Waals surface area contributed by atoms with Gasteiger partial charge in [0.25, 0.3) is 0 Å². The average molecular weight is 466 g/mol. The van der Waals surface area contributed by atoms with E-state index in [-0.39, 0.29) is 14.9 Å². The SMILES string of the molecule is C.C.C#Cc1ccc(C(C)C)cc1.C#Cc1cccc(C(C)C)c1.CC(C)c1ccccc1C#N. The van der Waals surface area contributed by atoms with E-state index in [9.17, 15) is 0 Å². The molecular weight excluding hydrogens is 422 g/mol. The van der Waals surface area contributed by atoms with Crippen LogP contribution >= 0.6 is 0 Å². The fourth-order valence-corrected chi connectivity index (χ4v) is 3.05. The Hall–Kier alpha value is -3.73. The van der Waals surface area contributed by atoms with Crippen LogP contribution in [0.25, 0.3) is 0 Å². The standard InChI is InChI=1S/2C11H12.C10H11N.2CH4/c1-4-10-5-7-11(8-6-10)9(2)3;1-4-10-6-5-7-11(8-10)9(2)3;1-8(2)10-6-4-3-5-9(10)7-11;;/h2*1,5-9H,2-3H3;3-6,8H,1-2H3;2*1H4. The number of hydrogen-bond acceptors (Lipinski definition) is 1. The van der Waals surface area contributed by atoms with Crippen LogP contribution in [0.15, 0.2) is 72.8 Å². The fourth-order valence-electron chi connectivity index (χ4n) is 3.05. The number of nitriles is 1. The first-order valence-electron chi connectivity index (χ1n) is 11.4. The summed E-state index contributed by atoms with van der Waals surface area (Å²) in [4.78, 5) is 0. The molecule has 0 amide bonds. The third-order valence-electron chi connectivity index (χ3n) is 5.17. The first-order valence-corrected chi connectivity index (χ1v) is 11.4. The minimum atomic E-state index is 0. The maximum atomic E-state index is 8.72. The average Bonchev–Trinajstić information content (AvgIpc) is 2.84. The summed E-state index contributed by atoms with van der Waals surface area (Å²) in [5.41, 5.74) is 6.49. The summed E-state index contributed by atoms with van der Waals surface area (Å²) in [5, 5.41) is 8.72. The van der Waals surface area contributed by atoms with E-state index in [4.69, 9.17) is 18.1 Å². The molecule has 0 saturated carbocycles. The molecule has 0 aliphatic carbocycles. The van der Waals surface area contributed by atoms with E-state index in [0.29, 0.717) is 17.8 Å². The Labute approximate surface area is 216 Å². The van der Waals surface area contributed by atoms with Crippen molar-refractivity contribution in [1.29, 1.82) is 5.26 Å². The van der Waals surface area contributed by atoms with Gasteiger partial charge in [0.2, 0.25) is 0 Å². The zero-order chi connectivity index (χ0) is 24.8. The molecule has 0 bridgehead atoms. The lowest BCUT2D eigenvalue weighted by Crippen LogP contribution is -1.90. The van der Waals surface area contributed by atoms with Crippen molar-refractivity contribution in [1.82, 2.24) is 0 Å². The summed E-state index contributed by atoms with van der Waals surface area (Å²) >= 11 is 0. The molecular formula is C34H43N. The zero-order valence-corrected chi connectivity index (χ0v) is 20.8. The van der Waals surface area contributed by atoms with Gasteiger partial charge in [-0.25, -0.2) is 0 Å². The Morgan fingerprint density at radius 2 is 1.14 bits per heavy atom. The Bertz CT molecular complexity index is 1110. The number of benzene rings is 3. The summed E-state index contributed by atoms with van der Waals surface area (Å²) in [7, 11) is 0. The largest absolute Gasteiger partial charge is 0.192 e. The topological polar surface area (TPSA) is 23.8 Å². The Morgan fingerprint density at radius 3 is 1.57 bits per heavy atom. The maximum Gasteiger partial charge on any atom is 0.0994 e. The molecule has 35 heavy (non-hydrogen) atoms. The second-order valence-electron chi connectivity index (χ2n) is 8.70. The minimum Gasteiger partial charge on any atom is -0.192 e. The summed E-state index contributed by atoms with van der Waals surface area (Å²) in [5.74, 6) is 6.79. The van der Waals surface area contributed by atoms with Gasteiger partial charge < -0.3 is 0 Å². The lowest BCUT2D eigenvalue weighted by atomic mass is 9.98. The first-order chi connectivity index (χ1) is 15.7. The van der Waals surface area contributed by atoms with Crippen molar-refractivity contribution >= 4 is 0 Å². The predicted molar refractivity (Wildman–Crippen MR) is 156 cm³/mol. The Balaban J connectivity index is 0. The molecule has 3 rings (SSSR count). The first kappa shape index (κ1) is 33.4. The minimum absolute atomic E-state index is 0. The van der Waals surface area contributed by atoms with Gasteiger partial charge in [-0.1, -0.05) is 111 Å². The van der Waals surface area contributed by atoms with Gasteiger partial charge >= 0.3 is 0 Å². The smallest absolute Gasteiger partial charge is 0.0994 e. The molecule has 1 nitrogen and oxygen atoms in total. The van der Waals surface area contributed by atoms with E-state index in [0.717, 1.165) is 22.3 Å². The normalized spacial score (nSPS) is 9.09. The molecule has 3 aromatic rings. The van der Waals surface area contributed by atoms with Crippen LogP contribution < -0.4 is 0 Å². The molecule has 0 unspecified atom stereocenters. The van der Waals surface area contributed by atoms with Crippen molar-refractivity contribution in [3.63, 3.8) is 0 Å². The quantitative estimate of drug-likeness (QED) is 0.353. The summed E-state index contributed by atoms with van der Waals surface area (Å²) in [6.45, 7) is 12.9. The number of nitrogens with zero attached hydrogens (tertiary/aromatic N) is 1. The van der Waals surface area contributed by atoms with Crippen LogP contribution in [0.2, 0.25) is 0 Å². The van der Waals surface area contributed by atoms with E-state index >= 15 is 0 Å². The van der Waals surface area contributed by atoms with Crippen LogP contribution in [0.4, 0.5) is 0 Å². The molecule has 0 fully saturated rings. The van der Waals surface area contributed by atoms with Crippen molar-refractivity contribution in [3.05, 3.63) is 106 Å². The van der Waals surface area contributed by atoms with Crippen LogP contribution in [-0.4, -0.2) is 0 Å². The molecule has 0 radical (unpaired) electrons. The highest BCUT2D eigenvalue weighted by Crippen LogP contribution is 2.18. The molecule has 0 atom stereocenters. The van der Waals surface area contributed by atoms with Crippen molar-refractivity contribution < 1.29 is 0 Å². The number of hydrogen-bond donors (Lipinski definition) is 0. The molecule has 1 heteroatoms. The Morgan fingerprint density at radius 1 is 0.600 bits per heavy atom. The molecule has 0 spiro atoms. The summed E-state index contributed by atoms with van der Waals surface area (Å²) < 4.78 is 0. The lowest BCUT2D eigenvalue weighted by Gasteiger charge is -2.05. The third-order valence-corrected chi connectivity index (χ3v) is 5.17. The van der Waals surface area contributed by atoms with Gasteiger partial charge in [0.1, 0.15) is 0 Å². The van der Waals surface area contributed by atoms with E-state index in [1.165, 1.54) is 11.1 Å². The predicted octanol–water partition coefficient (Wildman–Crippen LogP) is 9.54. The van der Waals surface area contributed by atoms with E-state index in [1.807, 2.05) is 48.5 Å². The van der Waals surface area contributed by atoms with Crippen LogP contribution in [0.5, 0.6) is 0 Å². The van der Waals surface area contributed by atoms with Gasteiger partial charge in [0.05, 0.1) is 11.6 Å². The van der Waals surface area contributed by atoms with Crippen LogP contribution in [0, 0.1) is 36.0 Å². The van der Waals surface area contributed by atoms with E-state index < -0.39 is 0 Å².